The summed E-state index contributed by atoms with van der Waals surface area (Å²) in [6.07, 6.45) is -0.872. The molecular formula is C17H17NO7. The normalized spacial score (nSPS) is 15.0. The third kappa shape index (κ3) is 4.06. The molecule has 2 aromatic rings. The molecule has 2 aromatic carbocycles. The number of aliphatic hydroxyl groups excluding tert-OH is 1. The zero-order chi connectivity index (χ0) is 18.6. The maximum Gasteiger partial charge on any atom is 0.362 e. The van der Waals surface area contributed by atoms with Gasteiger partial charge in [0.05, 0.1) is 0 Å². The molecule has 0 heterocycles. The van der Waals surface area contributed by atoms with Crippen LogP contribution < -0.4 is 0 Å². The Balaban J connectivity index is 2.23. The molecule has 0 spiro atoms. The first-order valence-corrected chi connectivity index (χ1v) is 7.21. The van der Waals surface area contributed by atoms with Crippen molar-refractivity contribution in [1.29, 1.82) is 0 Å². The highest BCUT2D eigenvalue weighted by Gasteiger charge is 2.44. The van der Waals surface area contributed by atoms with Gasteiger partial charge in [-0.3, -0.25) is 0 Å². The summed E-state index contributed by atoms with van der Waals surface area (Å²) in [4.78, 5) is 15.0. The number of carboxylic acids is 1. The number of aliphatic carboxylic acids is 1. The van der Waals surface area contributed by atoms with Gasteiger partial charge in [-0.1, -0.05) is 18.2 Å². The number of aliphatic imine (C=N–C) groups is 1. The second kappa shape index (κ2) is 7.20. The van der Waals surface area contributed by atoms with Crippen molar-refractivity contribution >= 4 is 12.2 Å². The summed E-state index contributed by atoms with van der Waals surface area (Å²) in [5.41, 5.74) is -2.45. The number of carboxylic acid groups (broad SMARTS) is 1. The van der Waals surface area contributed by atoms with E-state index in [1.54, 1.807) is 0 Å². The predicted octanol–water partition coefficient (Wildman–Crippen LogP) is 0.923. The van der Waals surface area contributed by atoms with Crippen LogP contribution in [0.2, 0.25) is 0 Å². The van der Waals surface area contributed by atoms with Crippen LogP contribution in [0.5, 0.6) is 17.2 Å². The molecule has 0 aliphatic rings. The van der Waals surface area contributed by atoms with Gasteiger partial charge in [-0.15, -0.1) is 0 Å². The number of hydrogen-bond acceptors (Lipinski definition) is 7. The lowest BCUT2D eigenvalue weighted by atomic mass is 9.99. The van der Waals surface area contributed by atoms with E-state index in [4.69, 9.17) is 0 Å². The van der Waals surface area contributed by atoms with Gasteiger partial charge in [-0.25, -0.2) is 9.79 Å². The first kappa shape index (κ1) is 18.2. The number of aliphatic hydroxyl groups is 2. The molecule has 2 rings (SSSR count). The van der Waals surface area contributed by atoms with Gasteiger partial charge < -0.3 is 30.6 Å². The number of rotatable bonds is 6. The molecule has 0 fully saturated rings. The van der Waals surface area contributed by atoms with Crippen LogP contribution in [-0.2, 0) is 11.2 Å². The topological polar surface area (TPSA) is 151 Å². The van der Waals surface area contributed by atoms with Gasteiger partial charge in [0.15, 0.2) is 0 Å². The molecule has 8 heteroatoms. The zero-order valence-corrected chi connectivity index (χ0v) is 12.9. The average molecular weight is 347 g/mol. The second-order valence-electron chi connectivity index (χ2n) is 5.35. The Kier molecular flexibility index (Phi) is 5.26. The summed E-state index contributed by atoms with van der Waals surface area (Å²) in [6, 6.07) is 8.84. The van der Waals surface area contributed by atoms with Gasteiger partial charge in [0.25, 0.3) is 5.72 Å². The number of nitrogens with zero attached hydrogens (tertiary/aromatic N) is 1. The SMILES string of the molecule is O=C(O)[C@@](O)(N=CCc1ccc(O)cc1O)C(O)c1ccc(O)cc1. The molecule has 25 heavy (non-hydrogen) atoms. The summed E-state index contributed by atoms with van der Waals surface area (Å²) in [6.45, 7) is 0. The fourth-order valence-electron chi connectivity index (χ4n) is 2.14. The Morgan fingerprint density at radius 2 is 1.68 bits per heavy atom. The van der Waals surface area contributed by atoms with Crippen LogP contribution in [0.4, 0.5) is 0 Å². The van der Waals surface area contributed by atoms with Crippen molar-refractivity contribution in [2.24, 2.45) is 4.99 Å². The highest BCUT2D eigenvalue weighted by atomic mass is 16.4. The van der Waals surface area contributed by atoms with E-state index < -0.39 is 17.8 Å². The number of aromatic hydroxyl groups is 3. The molecule has 0 amide bonds. The predicted molar refractivity (Wildman–Crippen MR) is 87.6 cm³/mol. The first-order valence-electron chi connectivity index (χ1n) is 7.21. The minimum absolute atomic E-state index is 0.0377. The Bertz CT molecular complexity index is 788. The van der Waals surface area contributed by atoms with Crippen LogP contribution in [0.1, 0.15) is 17.2 Å². The van der Waals surface area contributed by atoms with E-state index in [0.29, 0.717) is 5.56 Å². The Morgan fingerprint density at radius 1 is 1.08 bits per heavy atom. The van der Waals surface area contributed by atoms with Crippen LogP contribution in [-0.4, -0.2) is 48.5 Å². The molecule has 1 unspecified atom stereocenters. The molecule has 0 aliphatic carbocycles. The summed E-state index contributed by atoms with van der Waals surface area (Å²) >= 11 is 0. The Hall–Kier alpha value is -3.10. The quantitative estimate of drug-likeness (QED) is 0.425. The highest BCUT2D eigenvalue weighted by Crippen LogP contribution is 2.29. The van der Waals surface area contributed by atoms with Crippen molar-refractivity contribution in [3.05, 3.63) is 53.6 Å². The summed E-state index contributed by atoms with van der Waals surface area (Å²) < 4.78 is 0. The maximum atomic E-state index is 11.4. The molecule has 132 valence electrons. The number of benzene rings is 2. The fraction of sp³-hybridized carbons (Fsp3) is 0.176. The van der Waals surface area contributed by atoms with E-state index in [0.717, 1.165) is 12.3 Å². The highest BCUT2D eigenvalue weighted by molar-refractivity contribution is 5.80. The lowest BCUT2D eigenvalue weighted by Crippen LogP contribution is -2.43. The molecule has 0 saturated heterocycles. The van der Waals surface area contributed by atoms with Gasteiger partial charge in [0, 0.05) is 18.7 Å². The van der Waals surface area contributed by atoms with E-state index in [1.807, 2.05) is 0 Å². The molecule has 0 aromatic heterocycles. The summed E-state index contributed by atoms with van der Waals surface area (Å²) in [5, 5.41) is 57.8. The maximum absolute atomic E-state index is 11.4. The molecule has 0 aliphatic heterocycles. The second-order valence-corrected chi connectivity index (χ2v) is 5.35. The van der Waals surface area contributed by atoms with Gasteiger partial charge in [-0.05, 0) is 29.3 Å². The van der Waals surface area contributed by atoms with Crippen LogP contribution in [0, 0.1) is 0 Å². The van der Waals surface area contributed by atoms with Gasteiger partial charge in [0.1, 0.15) is 23.4 Å². The molecule has 6 N–H and O–H groups in total. The van der Waals surface area contributed by atoms with Crippen LogP contribution in [0.3, 0.4) is 0 Å². The number of hydrogen-bond donors (Lipinski definition) is 6. The molecule has 0 radical (unpaired) electrons. The molecular weight excluding hydrogens is 330 g/mol. The van der Waals surface area contributed by atoms with E-state index in [1.165, 1.54) is 36.4 Å². The smallest absolute Gasteiger partial charge is 0.362 e. The van der Waals surface area contributed by atoms with Crippen LogP contribution in [0.15, 0.2) is 47.5 Å². The standard InChI is InChI=1S/C17H17NO7/c19-12-4-2-11(3-5-12)15(22)17(25,16(23)24)18-8-7-10-1-6-13(20)9-14(10)21/h1-6,8-9,15,19-22,25H,7H2,(H,23,24)/t15?,17-/m1/s1. The fourth-order valence-corrected chi connectivity index (χ4v) is 2.14. The van der Waals surface area contributed by atoms with Crippen molar-refractivity contribution in [2.45, 2.75) is 18.2 Å². The molecule has 8 nitrogen and oxygen atoms in total. The minimum Gasteiger partial charge on any atom is -0.508 e. The van der Waals surface area contributed by atoms with Crippen LogP contribution >= 0.6 is 0 Å². The Labute approximate surface area is 142 Å². The number of phenols is 3. The van der Waals surface area contributed by atoms with Crippen molar-refractivity contribution in [3.63, 3.8) is 0 Å². The lowest BCUT2D eigenvalue weighted by molar-refractivity contribution is -0.170. The third-order valence-electron chi connectivity index (χ3n) is 3.57. The zero-order valence-electron chi connectivity index (χ0n) is 12.9. The Morgan fingerprint density at radius 3 is 2.24 bits per heavy atom. The number of carbonyl (C=O) groups is 1. The van der Waals surface area contributed by atoms with E-state index >= 15 is 0 Å². The molecule has 2 atom stereocenters. The van der Waals surface area contributed by atoms with E-state index in [-0.39, 0.29) is 29.2 Å². The van der Waals surface area contributed by atoms with E-state index in [2.05, 4.69) is 4.99 Å². The first-order chi connectivity index (χ1) is 11.7. The summed E-state index contributed by atoms with van der Waals surface area (Å²) in [5.74, 6) is -2.20. The monoisotopic (exact) mass is 347 g/mol. The van der Waals surface area contributed by atoms with Gasteiger partial charge in [-0.2, -0.15) is 0 Å². The molecule has 0 bridgehead atoms. The third-order valence-corrected chi connectivity index (χ3v) is 3.57. The average Bonchev–Trinajstić information content (AvgIpc) is 2.56. The van der Waals surface area contributed by atoms with Crippen molar-refractivity contribution in [2.75, 3.05) is 0 Å². The molecule has 0 saturated carbocycles. The largest absolute Gasteiger partial charge is 0.508 e. The lowest BCUT2D eigenvalue weighted by Gasteiger charge is -2.25. The van der Waals surface area contributed by atoms with Crippen molar-refractivity contribution < 1.29 is 35.4 Å². The van der Waals surface area contributed by atoms with Crippen molar-refractivity contribution in [1.82, 2.24) is 0 Å². The van der Waals surface area contributed by atoms with Crippen molar-refractivity contribution in [3.8, 4) is 17.2 Å². The van der Waals surface area contributed by atoms with Crippen LogP contribution in [0.25, 0.3) is 0 Å². The minimum atomic E-state index is -2.84. The van der Waals surface area contributed by atoms with Gasteiger partial charge >= 0.3 is 5.97 Å². The van der Waals surface area contributed by atoms with Gasteiger partial charge in [0.2, 0.25) is 0 Å². The number of phenolic OH excluding ortho intramolecular Hbond substituents is 3. The summed E-state index contributed by atoms with van der Waals surface area (Å²) in [7, 11) is 0. The van der Waals surface area contributed by atoms with E-state index in [9.17, 15) is 35.4 Å².